The number of rotatable bonds is 6. The lowest BCUT2D eigenvalue weighted by molar-refractivity contribution is -0.122. The lowest BCUT2D eigenvalue weighted by Gasteiger charge is -2.17. The van der Waals surface area contributed by atoms with E-state index in [1.165, 1.54) is 13.2 Å². The Balaban J connectivity index is 1.56. The molecule has 3 aromatic carbocycles. The van der Waals surface area contributed by atoms with Crippen molar-refractivity contribution in [1.82, 2.24) is 0 Å². The SMILES string of the molecule is COc1cc(NC(=O)C(C)Oc2ccc(Cl)cc2Cl)ccc1-c1cc2ccccc2oc1=O. The molecule has 4 rings (SSSR count). The molecule has 1 N–H and O–H groups in total. The molecule has 0 aliphatic rings. The van der Waals surface area contributed by atoms with Gasteiger partial charge in [0.2, 0.25) is 0 Å². The minimum atomic E-state index is -0.832. The van der Waals surface area contributed by atoms with Crippen molar-refractivity contribution in [1.29, 1.82) is 0 Å². The van der Waals surface area contributed by atoms with Gasteiger partial charge in [-0.15, -0.1) is 0 Å². The first-order chi connectivity index (χ1) is 15.9. The highest BCUT2D eigenvalue weighted by Gasteiger charge is 2.18. The standard InChI is InChI=1S/C25H19Cl2NO5/c1-14(32-22-10-7-16(26)12-20(22)27)24(29)28-17-8-9-18(23(13-17)31-2)19-11-15-5-3-4-6-21(15)33-25(19)30/h3-14H,1-2H3,(H,28,29). The topological polar surface area (TPSA) is 77.8 Å². The molecular weight excluding hydrogens is 465 g/mol. The maximum atomic E-state index is 12.6. The molecule has 168 valence electrons. The smallest absolute Gasteiger partial charge is 0.344 e. The van der Waals surface area contributed by atoms with Crippen LogP contribution in [0.3, 0.4) is 0 Å². The second kappa shape index (κ2) is 9.57. The van der Waals surface area contributed by atoms with Crippen molar-refractivity contribution >= 4 is 45.8 Å². The van der Waals surface area contributed by atoms with Gasteiger partial charge in [-0.3, -0.25) is 4.79 Å². The van der Waals surface area contributed by atoms with E-state index in [0.717, 1.165) is 5.39 Å². The van der Waals surface area contributed by atoms with Crippen molar-refractivity contribution in [2.75, 3.05) is 12.4 Å². The summed E-state index contributed by atoms with van der Waals surface area (Å²) < 4.78 is 16.6. The maximum Gasteiger partial charge on any atom is 0.344 e. The first kappa shape index (κ1) is 22.7. The van der Waals surface area contributed by atoms with Gasteiger partial charge in [0.05, 0.1) is 17.7 Å². The number of ether oxygens (including phenoxy) is 2. The lowest BCUT2D eigenvalue weighted by Crippen LogP contribution is -2.30. The summed E-state index contributed by atoms with van der Waals surface area (Å²) >= 11 is 12.0. The van der Waals surface area contributed by atoms with E-state index in [9.17, 15) is 9.59 Å². The Bertz CT molecular complexity index is 1400. The molecule has 1 amide bonds. The number of methoxy groups -OCH3 is 1. The van der Waals surface area contributed by atoms with Crippen LogP contribution in [-0.4, -0.2) is 19.1 Å². The summed E-state index contributed by atoms with van der Waals surface area (Å²) in [5, 5.41) is 4.34. The Hall–Kier alpha value is -3.48. The van der Waals surface area contributed by atoms with Crippen LogP contribution in [0.25, 0.3) is 22.1 Å². The molecule has 0 aliphatic heterocycles. The minimum Gasteiger partial charge on any atom is -0.496 e. The maximum absolute atomic E-state index is 12.6. The molecule has 33 heavy (non-hydrogen) atoms. The lowest BCUT2D eigenvalue weighted by atomic mass is 10.0. The van der Waals surface area contributed by atoms with Crippen LogP contribution in [0.2, 0.25) is 10.0 Å². The zero-order valence-electron chi connectivity index (χ0n) is 17.7. The van der Waals surface area contributed by atoms with E-state index < -0.39 is 11.7 Å². The zero-order valence-corrected chi connectivity index (χ0v) is 19.2. The van der Waals surface area contributed by atoms with Crippen LogP contribution >= 0.6 is 23.2 Å². The van der Waals surface area contributed by atoms with Crippen molar-refractivity contribution in [3.05, 3.63) is 87.2 Å². The summed E-state index contributed by atoms with van der Waals surface area (Å²) in [5.41, 5.74) is 1.41. The zero-order chi connectivity index (χ0) is 23.5. The van der Waals surface area contributed by atoms with Gasteiger partial charge in [0, 0.05) is 27.7 Å². The van der Waals surface area contributed by atoms with Crippen LogP contribution in [0, 0.1) is 0 Å². The molecule has 0 radical (unpaired) electrons. The number of anilines is 1. The highest BCUT2D eigenvalue weighted by Crippen LogP contribution is 2.33. The molecule has 4 aromatic rings. The number of para-hydroxylation sites is 1. The molecule has 0 fully saturated rings. The fourth-order valence-electron chi connectivity index (χ4n) is 3.30. The Morgan fingerprint density at radius 2 is 1.76 bits per heavy atom. The van der Waals surface area contributed by atoms with Gasteiger partial charge in [0.1, 0.15) is 17.1 Å². The third-order valence-corrected chi connectivity index (χ3v) is 5.50. The number of nitrogens with one attached hydrogen (secondary N) is 1. The quantitative estimate of drug-likeness (QED) is 0.331. The predicted octanol–water partition coefficient (Wildman–Crippen LogP) is 6.18. The summed E-state index contributed by atoms with van der Waals surface area (Å²) in [6.45, 7) is 1.60. The number of amides is 1. The summed E-state index contributed by atoms with van der Waals surface area (Å²) in [6, 6.07) is 18.8. The molecule has 1 aromatic heterocycles. The van der Waals surface area contributed by atoms with Crippen molar-refractivity contribution in [3.8, 4) is 22.6 Å². The van der Waals surface area contributed by atoms with E-state index in [-0.39, 0.29) is 5.91 Å². The molecule has 0 spiro atoms. The predicted molar refractivity (Wildman–Crippen MR) is 130 cm³/mol. The van der Waals surface area contributed by atoms with Gasteiger partial charge in [0.25, 0.3) is 5.91 Å². The number of fused-ring (bicyclic) bond motifs is 1. The molecule has 1 atom stereocenters. The normalized spacial score (nSPS) is 11.8. The van der Waals surface area contributed by atoms with Gasteiger partial charge in [-0.2, -0.15) is 0 Å². The number of carbonyl (C=O) groups excluding carboxylic acids is 1. The second-order valence-electron chi connectivity index (χ2n) is 7.22. The molecule has 1 unspecified atom stereocenters. The van der Waals surface area contributed by atoms with Crippen molar-refractivity contribution in [2.24, 2.45) is 0 Å². The van der Waals surface area contributed by atoms with Gasteiger partial charge in [-0.1, -0.05) is 41.4 Å². The molecule has 0 bridgehead atoms. The largest absolute Gasteiger partial charge is 0.496 e. The number of benzene rings is 3. The number of hydrogen-bond acceptors (Lipinski definition) is 5. The molecular formula is C25H19Cl2NO5. The van der Waals surface area contributed by atoms with E-state index >= 15 is 0 Å². The van der Waals surface area contributed by atoms with Crippen LogP contribution in [0.4, 0.5) is 5.69 Å². The van der Waals surface area contributed by atoms with Crippen LogP contribution in [-0.2, 0) is 4.79 Å². The minimum absolute atomic E-state index is 0.308. The average Bonchev–Trinajstić information content (AvgIpc) is 2.80. The van der Waals surface area contributed by atoms with Crippen molar-refractivity contribution in [3.63, 3.8) is 0 Å². The Labute approximate surface area is 199 Å². The van der Waals surface area contributed by atoms with Gasteiger partial charge in [-0.25, -0.2) is 4.79 Å². The molecule has 6 nitrogen and oxygen atoms in total. The highest BCUT2D eigenvalue weighted by atomic mass is 35.5. The van der Waals surface area contributed by atoms with E-state index in [1.807, 2.05) is 12.1 Å². The van der Waals surface area contributed by atoms with E-state index in [4.69, 9.17) is 37.1 Å². The third-order valence-electron chi connectivity index (χ3n) is 4.97. The summed E-state index contributed by atoms with van der Waals surface area (Å²) in [5.74, 6) is 0.366. The Morgan fingerprint density at radius 3 is 2.52 bits per heavy atom. The highest BCUT2D eigenvalue weighted by molar-refractivity contribution is 6.35. The van der Waals surface area contributed by atoms with E-state index in [0.29, 0.717) is 43.9 Å². The fourth-order valence-corrected chi connectivity index (χ4v) is 3.75. The van der Waals surface area contributed by atoms with Crippen LogP contribution in [0.15, 0.2) is 75.9 Å². The van der Waals surface area contributed by atoms with E-state index in [1.54, 1.807) is 55.5 Å². The van der Waals surface area contributed by atoms with Gasteiger partial charge in [-0.05, 0) is 49.4 Å². The van der Waals surface area contributed by atoms with Gasteiger partial charge < -0.3 is 19.2 Å². The number of carbonyl (C=O) groups is 1. The average molecular weight is 484 g/mol. The Kier molecular flexibility index (Phi) is 6.58. The first-order valence-electron chi connectivity index (χ1n) is 9.99. The Morgan fingerprint density at radius 1 is 0.970 bits per heavy atom. The summed E-state index contributed by atoms with van der Waals surface area (Å²) in [4.78, 5) is 25.2. The van der Waals surface area contributed by atoms with Crippen LogP contribution in [0.1, 0.15) is 6.92 Å². The first-order valence-corrected chi connectivity index (χ1v) is 10.7. The number of halogens is 2. The fraction of sp³-hybridized carbons (Fsp3) is 0.120. The van der Waals surface area contributed by atoms with Gasteiger partial charge in [0.15, 0.2) is 6.10 Å². The summed E-state index contributed by atoms with van der Waals surface area (Å²) in [6.07, 6.45) is -0.832. The number of hydrogen-bond donors (Lipinski definition) is 1. The molecule has 0 saturated heterocycles. The molecule has 0 aliphatic carbocycles. The van der Waals surface area contributed by atoms with Crippen LogP contribution in [0.5, 0.6) is 11.5 Å². The molecule has 1 heterocycles. The molecule has 0 saturated carbocycles. The third kappa shape index (κ3) is 4.97. The summed E-state index contributed by atoms with van der Waals surface area (Å²) in [7, 11) is 1.49. The van der Waals surface area contributed by atoms with Crippen LogP contribution < -0.4 is 20.4 Å². The van der Waals surface area contributed by atoms with E-state index in [2.05, 4.69) is 5.32 Å². The molecule has 8 heteroatoms. The van der Waals surface area contributed by atoms with Gasteiger partial charge >= 0.3 is 5.63 Å². The van der Waals surface area contributed by atoms with Crippen molar-refractivity contribution < 1.29 is 18.7 Å². The second-order valence-corrected chi connectivity index (χ2v) is 8.07. The monoisotopic (exact) mass is 483 g/mol. The van der Waals surface area contributed by atoms with Crippen molar-refractivity contribution in [2.45, 2.75) is 13.0 Å².